The largest absolute Gasteiger partial charge is 0.324 e. The van der Waals surface area contributed by atoms with Crippen LogP contribution in [0.4, 0.5) is 4.79 Å². The predicted octanol–water partition coefficient (Wildman–Crippen LogP) is 2.14. The zero-order chi connectivity index (χ0) is 12.4. The van der Waals surface area contributed by atoms with Gasteiger partial charge in [-0.05, 0) is 25.7 Å². The summed E-state index contributed by atoms with van der Waals surface area (Å²) >= 11 is 0. The van der Waals surface area contributed by atoms with Gasteiger partial charge in [0.2, 0.25) is 5.91 Å². The number of carbonyl (C=O) groups excluding carboxylic acids is 2. The Morgan fingerprint density at radius 2 is 1.88 bits per heavy atom. The third-order valence-electron chi connectivity index (χ3n) is 4.23. The van der Waals surface area contributed by atoms with Crippen LogP contribution in [0.3, 0.4) is 0 Å². The second-order valence-corrected chi connectivity index (χ2v) is 5.49. The van der Waals surface area contributed by atoms with Crippen molar-refractivity contribution in [3.8, 4) is 0 Å². The van der Waals surface area contributed by atoms with E-state index in [1.54, 1.807) is 0 Å². The first-order chi connectivity index (χ1) is 8.09. The summed E-state index contributed by atoms with van der Waals surface area (Å²) in [5, 5.41) is 2.45. The molecule has 0 spiro atoms. The van der Waals surface area contributed by atoms with Gasteiger partial charge in [-0.3, -0.25) is 10.1 Å². The molecule has 2 fully saturated rings. The monoisotopic (exact) mass is 238 g/mol. The summed E-state index contributed by atoms with van der Waals surface area (Å²) in [5.74, 6) is 0.385. The second kappa shape index (κ2) is 5.07. The Labute approximate surface area is 103 Å². The van der Waals surface area contributed by atoms with Crippen molar-refractivity contribution in [2.75, 3.05) is 6.54 Å². The first-order valence-corrected chi connectivity index (χ1v) is 6.71. The van der Waals surface area contributed by atoms with E-state index in [1.807, 2.05) is 11.8 Å². The van der Waals surface area contributed by atoms with E-state index in [1.165, 1.54) is 32.1 Å². The van der Waals surface area contributed by atoms with Crippen molar-refractivity contribution >= 4 is 11.9 Å². The fourth-order valence-corrected chi connectivity index (χ4v) is 2.98. The van der Waals surface area contributed by atoms with E-state index in [-0.39, 0.29) is 23.9 Å². The minimum atomic E-state index is -0.203. The van der Waals surface area contributed by atoms with E-state index >= 15 is 0 Å². The number of amides is 3. The topological polar surface area (TPSA) is 49.4 Å². The molecule has 17 heavy (non-hydrogen) atoms. The Kier molecular flexibility index (Phi) is 3.69. The van der Waals surface area contributed by atoms with Crippen molar-refractivity contribution in [1.82, 2.24) is 10.2 Å². The molecule has 4 heteroatoms. The maximum absolute atomic E-state index is 11.8. The zero-order valence-electron chi connectivity index (χ0n) is 10.7. The number of hydrogen-bond donors (Lipinski definition) is 1. The highest BCUT2D eigenvalue weighted by Gasteiger charge is 2.35. The molecule has 3 amide bonds. The lowest BCUT2D eigenvalue weighted by Gasteiger charge is -2.40. The van der Waals surface area contributed by atoms with Crippen LogP contribution >= 0.6 is 0 Å². The van der Waals surface area contributed by atoms with Gasteiger partial charge in [0.15, 0.2) is 0 Å². The number of carbonyl (C=O) groups is 2. The Bertz CT molecular complexity index is 311. The quantitative estimate of drug-likeness (QED) is 0.801. The molecular formula is C13H22N2O2. The Hall–Kier alpha value is -1.06. The summed E-state index contributed by atoms with van der Waals surface area (Å²) in [6.45, 7) is 4.57. The average molecular weight is 238 g/mol. The fraction of sp³-hybridized carbons (Fsp3) is 0.846. The number of imide groups is 1. The Morgan fingerprint density at radius 3 is 2.53 bits per heavy atom. The third-order valence-corrected chi connectivity index (χ3v) is 4.23. The molecule has 0 aromatic carbocycles. The number of nitrogens with one attached hydrogen (secondary N) is 1. The van der Waals surface area contributed by atoms with Gasteiger partial charge >= 0.3 is 6.03 Å². The molecule has 1 heterocycles. The van der Waals surface area contributed by atoms with Crippen molar-refractivity contribution in [2.45, 2.75) is 52.0 Å². The van der Waals surface area contributed by atoms with Gasteiger partial charge in [-0.15, -0.1) is 0 Å². The molecule has 0 aromatic heterocycles. The molecular weight excluding hydrogens is 216 g/mol. The molecule has 0 bridgehead atoms. The van der Waals surface area contributed by atoms with Crippen LogP contribution in [0.1, 0.15) is 46.0 Å². The molecule has 96 valence electrons. The predicted molar refractivity (Wildman–Crippen MR) is 65.4 cm³/mol. The van der Waals surface area contributed by atoms with E-state index in [0.29, 0.717) is 12.5 Å². The number of urea groups is 1. The van der Waals surface area contributed by atoms with Gasteiger partial charge in [-0.1, -0.05) is 26.2 Å². The van der Waals surface area contributed by atoms with Crippen molar-refractivity contribution in [3.05, 3.63) is 0 Å². The summed E-state index contributed by atoms with van der Waals surface area (Å²) in [4.78, 5) is 25.1. The van der Waals surface area contributed by atoms with Gasteiger partial charge in [-0.2, -0.15) is 0 Å². The maximum Gasteiger partial charge on any atom is 0.324 e. The van der Waals surface area contributed by atoms with E-state index in [2.05, 4.69) is 12.2 Å². The summed E-state index contributed by atoms with van der Waals surface area (Å²) in [6, 6.07) is 0.0528. The SMILES string of the molecule is CC1CN(C(C)C2CCCCC2)C(=O)NC1=O. The smallest absolute Gasteiger partial charge is 0.321 e. The fourth-order valence-electron chi connectivity index (χ4n) is 2.98. The zero-order valence-corrected chi connectivity index (χ0v) is 10.7. The van der Waals surface area contributed by atoms with Crippen LogP contribution in [-0.2, 0) is 4.79 Å². The van der Waals surface area contributed by atoms with Crippen LogP contribution < -0.4 is 5.32 Å². The molecule has 2 aliphatic rings. The van der Waals surface area contributed by atoms with Crippen molar-refractivity contribution in [1.29, 1.82) is 0 Å². The average Bonchev–Trinajstić information content (AvgIpc) is 2.34. The third kappa shape index (κ3) is 2.61. The van der Waals surface area contributed by atoms with Crippen LogP contribution in [0.2, 0.25) is 0 Å². The first-order valence-electron chi connectivity index (χ1n) is 6.71. The van der Waals surface area contributed by atoms with Gasteiger partial charge in [0, 0.05) is 12.6 Å². The van der Waals surface area contributed by atoms with Crippen LogP contribution in [0.25, 0.3) is 0 Å². The molecule has 1 N–H and O–H groups in total. The molecule has 1 aliphatic carbocycles. The standard InChI is InChI=1S/C13H22N2O2/c1-9-8-15(13(17)14-12(9)16)10(2)11-6-4-3-5-7-11/h9-11H,3-8H2,1-2H3,(H,14,16,17). The molecule has 0 aromatic rings. The highest BCUT2D eigenvalue weighted by Crippen LogP contribution is 2.29. The number of rotatable bonds is 2. The molecule has 2 unspecified atom stereocenters. The lowest BCUT2D eigenvalue weighted by molar-refractivity contribution is -0.125. The normalized spacial score (nSPS) is 29.1. The molecule has 2 rings (SSSR count). The lowest BCUT2D eigenvalue weighted by atomic mass is 9.83. The van der Waals surface area contributed by atoms with E-state index in [4.69, 9.17) is 0 Å². The summed E-state index contributed by atoms with van der Waals surface area (Å²) in [6.07, 6.45) is 6.31. The Balaban J connectivity index is 2.00. The minimum Gasteiger partial charge on any atom is -0.321 e. The molecule has 2 atom stereocenters. The highest BCUT2D eigenvalue weighted by atomic mass is 16.2. The van der Waals surface area contributed by atoms with Crippen LogP contribution in [-0.4, -0.2) is 29.4 Å². The van der Waals surface area contributed by atoms with Gasteiger partial charge in [-0.25, -0.2) is 4.79 Å². The summed E-state index contributed by atoms with van der Waals surface area (Å²) in [5.41, 5.74) is 0. The van der Waals surface area contributed by atoms with Crippen molar-refractivity contribution in [3.63, 3.8) is 0 Å². The lowest BCUT2D eigenvalue weighted by Crippen LogP contribution is -2.57. The molecule has 1 aliphatic heterocycles. The van der Waals surface area contributed by atoms with Gasteiger partial charge in [0.25, 0.3) is 0 Å². The van der Waals surface area contributed by atoms with Crippen LogP contribution in [0, 0.1) is 11.8 Å². The van der Waals surface area contributed by atoms with Gasteiger partial charge < -0.3 is 4.90 Å². The van der Waals surface area contributed by atoms with Crippen molar-refractivity contribution in [2.24, 2.45) is 11.8 Å². The second-order valence-electron chi connectivity index (χ2n) is 5.49. The van der Waals surface area contributed by atoms with Crippen LogP contribution in [0.15, 0.2) is 0 Å². The number of hydrogen-bond acceptors (Lipinski definition) is 2. The maximum atomic E-state index is 11.8. The molecule has 1 saturated heterocycles. The first kappa shape index (κ1) is 12.4. The summed E-state index contributed by atoms with van der Waals surface area (Å²) in [7, 11) is 0. The minimum absolute atomic E-state index is 0.0845. The van der Waals surface area contributed by atoms with Crippen molar-refractivity contribution < 1.29 is 9.59 Å². The summed E-state index contributed by atoms with van der Waals surface area (Å²) < 4.78 is 0. The van der Waals surface area contributed by atoms with Gasteiger partial charge in [0.1, 0.15) is 0 Å². The number of nitrogens with zero attached hydrogens (tertiary/aromatic N) is 1. The van der Waals surface area contributed by atoms with Crippen LogP contribution in [0.5, 0.6) is 0 Å². The Morgan fingerprint density at radius 1 is 1.24 bits per heavy atom. The van der Waals surface area contributed by atoms with E-state index in [0.717, 1.165) is 0 Å². The highest BCUT2D eigenvalue weighted by molar-refractivity contribution is 5.97. The molecule has 1 saturated carbocycles. The molecule has 0 radical (unpaired) electrons. The van der Waals surface area contributed by atoms with Gasteiger partial charge in [0.05, 0.1) is 5.92 Å². The molecule has 4 nitrogen and oxygen atoms in total. The van der Waals surface area contributed by atoms with E-state index < -0.39 is 0 Å². The van der Waals surface area contributed by atoms with E-state index in [9.17, 15) is 9.59 Å².